The summed E-state index contributed by atoms with van der Waals surface area (Å²) in [6.45, 7) is 0. The molecular weight excluding hydrogens is 448 g/mol. The number of amides is 1. The summed E-state index contributed by atoms with van der Waals surface area (Å²) in [4.78, 5) is 27.4. The van der Waals surface area contributed by atoms with Crippen molar-refractivity contribution in [2.45, 2.75) is 0 Å². The van der Waals surface area contributed by atoms with E-state index in [2.05, 4.69) is 15.3 Å². The molecule has 3 aromatic carbocycles. The highest BCUT2D eigenvalue weighted by Gasteiger charge is 2.16. The lowest BCUT2D eigenvalue weighted by Crippen LogP contribution is -2.13. The number of para-hydroxylation sites is 2. The molecule has 0 unspecified atom stereocenters. The van der Waals surface area contributed by atoms with Crippen molar-refractivity contribution in [1.29, 1.82) is 0 Å². The Hall–Kier alpha value is -3.94. The molecule has 0 aliphatic rings. The molecule has 7 heteroatoms. The number of fused-ring (bicyclic) bond motifs is 2. The molecular formula is C26H16N4OS2. The Bertz CT molecular complexity index is 1590. The normalized spacial score (nSPS) is 11.2. The van der Waals surface area contributed by atoms with E-state index in [1.165, 1.54) is 11.3 Å². The van der Waals surface area contributed by atoms with Crippen molar-refractivity contribution in [2.75, 3.05) is 5.32 Å². The van der Waals surface area contributed by atoms with Gasteiger partial charge in [-0.1, -0.05) is 60.7 Å². The number of rotatable bonds is 4. The molecule has 3 heterocycles. The number of anilines is 1. The number of nitrogens with one attached hydrogen (secondary N) is 1. The molecule has 0 fully saturated rings. The van der Waals surface area contributed by atoms with Crippen molar-refractivity contribution in [3.63, 3.8) is 0 Å². The number of pyridine rings is 1. The summed E-state index contributed by atoms with van der Waals surface area (Å²) in [5, 5.41) is 7.08. The summed E-state index contributed by atoms with van der Waals surface area (Å²) in [7, 11) is 0. The predicted molar refractivity (Wildman–Crippen MR) is 136 cm³/mol. The lowest BCUT2D eigenvalue weighted by atomic mass is 10.0. The predicted octanol–water partition coefficient (Wildman–Crippen LogP) is 6.89. The molecule has 0 atom stereocenters. The minimum Gasteiger partial charge on any atom is -0.298 e. The van der Waals surface area contributed by atoms with Gasteiger partial charge in [0, 0.05) is 16.3 Å². The van der Waals surface area contributed by atoms with Crippen LogP contribution in [0.1, 0.15) is 10.4 Å². The van der Waals surface area contributed by atoms with Gasteiger partial charge >= 0.3 is 0 Å². The number of hydrogen-bond acceptors (Lipinski definition) is 6. The van der Waals surface area contributed by atoms with E-state index in [9.17, 15) is 4.79 Å². The summed E-state index contributed by atoms with van der Waals surface area (Å²) in [5.41, 5.74) is 4.78. The van der Waals surface area contributed by atoms with Gasteiger partial charge < -0.3 is 0 Å². The summed E-state index contributed by atoms with van der Waals surface area (Å²) in [6, 6.07) is 27.4. The van der Waals surface area contributed by atoms with E-state index in [-0.39, 0.29) is 5.91 Å². The molecule has 3 aromatic heterocycles. The number of thiazole rings is 2. The SMILES string of the molecule is O=C(Nc1nc(-c2nc3ccccc3s2)cs1)c1cc(-c2ccccc2)nc2ccccc12. The zero-order valence-electron chi connectivity index (χ0n) is 17.2. The fourth-order valence-electron chi connectivity index (χ4n) is 3.70. The molecule has 1 N–H and O–H groups in total. The van der Waals surface area contributed by atoms with E-state index in [4.69, 9.17) is 4.98 Å². The third-order valence-electron chi connectivity index (χ3n) is 5.27. The Balaban J connectivity index is 1.34. The standard InChI is InChI=1S/C26H16N4OS2/c31-24(30-26-29-22(15-32-26)25-28-20-12-6-7-13-23(20)33-25)18-14-21(16-8-2-1-3-9-16)27-19-11-5-4-10-17(18)19/h1-15H,(H,29,30,31). The van der Waals surface area contributed by atoms with Crippen LogP contribution in [0.3, 0.4) is 0 Å². The Morgan fingerprint density at radius 3 is 2.36 bits per heavy atom. The molecule has 1 amide bonds. The van der Waals surface area contributed by atoms with E-state index in [1.807, 2.05) is 90.3 Å². The fourth-order valence-corrected chi connectivity index (χ4v) is 5.39. The van der Waals surface area contributed by atoms with Crippen LogP contribution in [0.15, 0.2) is 90.3 Å². The van der Waals surface area contributed by atoms with E-state index >= 15 is 0 Å². The van der Waals surface area contributed by atoms with Crippen LogP contribution in [0.25, 0.3) is 43.1 Å². The average molecular weight is 465 g/mol. The van der Waals surface area contributed by atoms with Crippen molar-refractivity contribution in [3.8, 4) is 22.0 Å². The Labute approximate surface area is 197 Å². The van der Waals surface area contributed by atoms with Crippen LogP contribution in [0.2, 0.25) is 0 Å². The zero-order chi connectivity index (χ0) is 22.2. The monoisotopic (exact) mass is 464 g/mol. The maximum atomic E-state index is 13.3. The van der Waals surface area contributed by atoms with Gasteiger partial charge in [0.2, 0.25) is 0 Å². The van der Waals surface area contributed by atoms with Crippen molar-refractivity contribution >= 4 is 54.8 Å². The third-order valence-corrected chi connectivity index (χ3v) is 7.08. The van der Waals surface area contributed by atoms with Crippen molar-refractivity contribution in [3.05, 3.63) is 95.9 Å². The average Bonchev–Trinajstić information content (AvgIpc) is 3.51. The Morgan fingerprint density at radius 1 is 0.758 bits per heavy atom. The summed E-state index contributed by atoms with van der Waals surface area (Å²) in [6.07, 6.45) is 0. The van der Waals surface area contributed by atoms with Gasteiger partial charge in [-0.3, -0.25) is 10.1 Å². The first-order chi connectivity index (χ1) is 16.2. The van der Waals surface area contributed by atoms with Crippen LogP contribution in [0, 0.1) is 0 Å². The molecule has 33 heavy (non-hydrogen) atoms. The number of benzene rings is 3. The van der Waals surface area contributed by atoms with Crippen LogP contribution in [-0.4, -0.2) is 20.9 Å². The van der Waals surface area contributed by atoms with Crippen LogP contribution in [0.4, 0.5) is 5.13 Å². The maximum absolute atomic E-state index is 13.3. The smallest absolute Gasteiger partial charge is 0.258 e. The Morgan fingerprint density at radius 2 is 1.52 bits per heavy atom. The molecule has 0 aliphatic heterocycles. The number of aromatic nitrogens is 3. The van der Waals surface area contributed by atoms with E-state index in [0.29, 0.717) is 10.7 Å². The first-order valence-electron chi connectivity index (χ1n) is 10.3. The molecule has 0 saturated heterocycles. The summed E-state index contributed by atoms with van der Waals surface area (Å²) < 4.78 is 1.11. The molecule has 6 aromatic rings. The van der Waals surface area contributed by atoms with E-state index in [0.717, 1.165) is 43.1 Å². The highest BCUT2D eigenvalue weighted by atomic mass is 32.1. The number of hydrogen-bond donors (Lipinski definition) is 1. The second-order valence-electron chi connectivity index (χ2n) is 7.42. The molecule has 0 spiro atoms. The van der Waals surface area contributed by atoms with E-state index < -0.39 is 0 Å². The van der Waals surface area contributed by atoms with Crippen LogP contribution in [0.5, 0.6) is 0 Å². The topological polar surface area (TPSA) is 67.8 Å². The lowest BCUT2D eigenvalue weighted by molar-refractivity contribution is 0.102. The van der Waals surface area contributed by atoms with Gasteiger partial charge in [-0.2, -0.15) is 0 Å². The lowest BCUT2D eigenvalue weighted by Gasteiger charge is -2.09. The first kappa shape index (κ1) is 19.7. The fraction of sp³-hybridized carbons (Fsp3) is 0. The summed E-state index contributed by atoms with van der Waals surface area (Å²) in [5.74, 6) is -0.212. The van der Waals surface area contributed by atoms with E-state index in [1.54, 1.807) is 11.3 Å². The minimum absolute atomic E-state index is 0.212. The molecule has 0 saturated carbocycles. The van der Waals surface area contributed by atoms with Gasteiger partial charge in [-0.25, -0.2) is 15.0 Å². The van der Waals surface area contributed by atoms with Crippen LogP contribution < -0.4 is 5.32 Å². The van der Waals surface area contributed by atoms with Gasteiger partial charge in [0.25, 0.3) is 5.91 Å². The molecule has 158 valence electrons. The third kappa shape index (κ3) is 3.77. The first-order valence-corrected chi connectivity index (χ1v) is 12.0. The second kappa shape index (κ2) is 8.20. The minimum atomic E-state index is -0.212. The number of carbonyl (C=O) groups is 1. The van der Waals surface area contributed by atoms with Gasteiger partial charge in [0.1, 0.15) is 10.7 Å². The number of carbonyl (C=O) groups excluding carboxylic acids is 1. The van der Waals surface area contributed by atoms with Gasteiger partial charge in [0.15, 0.2) is 5.13 Å². The Kier molecular flexibility index (Phi) is 4.90. The molecule has 0 radical (unpaired) electrons. The molecule has 0 aliphatic carbocycles. The van der Waals surface area contributed by atoms with Crippen molar-refractivity contribution in [2.24, 2.45) is 0 Å². The molecule has 6 rings (SSSR count). The van der Waals surface area contributed by atoms with Gasteiger partial charge in [-0.05, 0) is 24.3 Å². The molecule has 0 bridgehead atoms. The zero-order valence-corrected chi connectivity index (χ0v) is 18.9. The summed E-state index contributed by atoms with van der Waals surface area (Å²) >= 11 is 2.98. The van der Waals surface area contributed by atoms with Crippen molar-refractivity contribution < 1.29 is 4.79 Å². The highest BCUT2D eigenvalue weighted by molar-refractivity contribution is 7.22. The van der Waals surface area contributed by atoms with Gasteiger partial charge in [-0.15, -0.1) is 22.7 Å². The van der Waals surface area contributed by atoms with Crippen molar-refractivity contribution in [1.82, 2.24) is 15.0 Å². The highest BCUT2D eigenvalue weighted by Crippen LogP contribution is 2.32. The maximum Gasteiger partial charge on any atom is 0.258 e. The van der Waals surface area contributed by atoms with Crippen LogP contribution >= 0.6 is 22.7 Å². The van der Waals surface area contributed by atoms with Gasteiger partial charge in [0.05, 0.1) is 27.0 Å². The largest absolute Gasteiger partial charge is 0.298 e. The quantitative estimate of drug-likeness (QED) is 0.308. The molecule has 5 nitrogen and oxygen atoms in total. The second-order valence-corrected chi connectivity index (χ2v) is 9.31. The van der Waals surface area contributed by atoms with Crippen LogP contribution in [-0.2, 0) is 0 Å². The number of nitrogens with zero attached hydrogens (tertiary/aromatic N) is 3.